The van der Waals surface area contributed by atoms with E-state index in [0.717, 1.165) is 6.42 Å². The molecule has 0 fully saturated rings. The molecule has 0 bridgehead atoms. The van der Waals surface area contributed by atoms with Gasteiger partial charge in [0.1, 0.15) is 0 Å². The number of rotatable bonds is 3. The molecule has 0 N–H and O–H groups in total. The Labute approximate surface area is 160 Å². The largest absolute Gasteiger partial charge is 0.0652 e. The molecule has 0 heteroatoms. The van der Waals surface area contributed by atoms with Crippen LogP contribution in [-0.4, -0.2) is 0 Å². The Morgan fingerprint density at radius 3 is 2.00 bits per heavy atom. The summed E-state index contributed by atoms with van der Waals surface area (Å²) in [7, 11) is 0. The minimum absolute atomic E-state index is 0.150. The van der Waals surface area contributed by atoms with Gasteiger partial charge in [0.2, 0.25) is 0 Å². The molecule has 0 saturated heterocycles. The second-order valence-electron chi connectivity index (χ2n) is 9.91. The van der Waals surface area contributed by atoms with Gasteiger partial charge >= 0.3 is 0 Å². The fourth-order valence-electron chi connectivity index (χ4n) is 3.82. The van der Waals surface area contributed by atoms with Crippen LogP contribution in [0.3, 0.4) is 0 Å². The summed E-state index contributed by atoms with van der Waals surface area (Å²) in [6.45, 7) is 16.1. The summed E-state index contributed by atoms with van der Waals surface area (Å²) in [5.41, 5.74) is 10.4. The molecular weight excluding hydrogens is 312 g/mol. The van der Waals surface area contributed by atoms with Crippen LogP contribution in [0.4, 0.5) is 0 Å². The summed E-state index contributed by atoms with van der Waals surface area (Å²) in [4.78, 5) is 0. The molecule has 0 heterocycles. The second-order valence-corrected chi connectivity index (χ2v) is 9.91. The molecule has 1 aliphatic rings. The first-order chi connectivity index (χ1) is 12.1. The highest BCUT2D eigenvalue weighted by molar-refractivity contribution is 5.81. The van der Waals surface area contributed by atoms with E-state index in [2.05, 4.69) is 90.9 Å². The molecule has 0 unspecified atom stereocenters. The Morgan fingerprint density at radius 2 is 1.46 bits per heavy atom. The summed E-state index contributed by atoms with van der Waals surface area (Å²) >= 11 is 0. The zero-order valence-electron chi connectivity index (χ0n) is 17.7. The fraction of sp³-hybridized carbons (Fsp3) is 0.462. The van der Waals surface area contributed by atoms with Crippen molar-refractivity contribution < 1.29 is 0 Å². The highest BCUT2D eigenvalue weighted by Gasteiger charge is 2.22. The lowest BCUT2D eigenvalue weighted by molar-refractivity contribution is 0.569. The Hall–Kier alpha value is -1.82. The van der Waals surface area contributed by atoms with Gasteiger partial charge in [-0.05, 0) is 57.1 Å². The highest BCUT2D eigenvalue weighted by Crippen LogP contribution is 2.39. The van der Waals surface area contributed by atoms with E-state index in [4.69, 9.17) is 0 Å². The average Bonchev–Trinajstić information content (AvgIpc) is 2.95. The number of hydrogen-bond donors (Lipinski definition) is 0. The lowest BCUT2D eigenvalue weighted by Gasteiger charge is -2.26. The molecule has 0 amide bonds. The van der Waals surface area contributed by atoms with E-state index >= 15 is 0 Å². The van der Waals surface area contributed by atoms with Crippen LogP contribution in [-0.2, 0) is 17.3 Å². The second kappa shape index (κ2) is 6.72. The van der Waals surface area contributed by atoms with Crippen LogP contribution in [0.25, 0.3) is 17.2 Å². The zero-order valence-corrected chi connectivity index (χ0v) is 17.7. The third kappa shape index (κ3) is 3.80. The van der Waals surface area contributed by atoms with Crippen molar-refractivity contribution >= 4 is 6.08 Å². The summed E-state index contributed by atoms with van der Waals surface area (Å²) in [6, 6.07) is 14.1. The molecule has 138 valence electrons. The smallest absolute Gasteiger partial charge is 0.00576 e. The van der Waals surface area contributed by atoms with Gasteiger partial charge < -0.3 is 0 Å². The van der Waals surface area contributed by atoms with Gasteiger partial charge in [0, 0.05) is 0 Å². The zero-order chi connectivity index (χ0) is 19.1. The molecule has 0 saturated carbocycles. The van der Waals surface area contributed by atoms with Gasteiger partial charge in [-0.1, -0.05) is 103 Å². The molecule has 0 aromatic heterocycles. The van der Waals surface area contributed by atoms with Gasteiger partial charge in [-0.2, -0.15) is 0 Å². The van der Waals surface area contributed by atoms with Crippen molar-refractivity contribution in [2.75, 3.05) is 0 Å². The van der Waals surface area contributed by atoms with Gasteiger partial charge in [0.25, 0.3) is 0 Å². The standard InChI is InChI=1S/C26H34/c1-8-10-18-13-19-11-9-12-23(24(19)14-18)20-15-21(25(2,3)4)17-22(16-20)26(5,6)7/h9,11-12,14-17H,8,10,13H2,1-7H3. The summed E-state index contributed by atoms with van der Waals surface area (Å²) in [5, 5.41) is 0. The van der Waals surface area contributed by atoms with E-state index in [1.165, 1.54) is 46.2 Å². The lowest BCUT2D eigenvalue weighted by atomic mass is 9.78. The Bertz CT molecular complexity index is 803. The fourth-order valence-corrected chi connectivity index (χ4v) is 3.82. The SMILES string of the molecule is CCCC1=Cc2c(cccc2-c2cc(C(C)(C)C)cc(C(C)(C)C)c2)C1. The van der Waals surface area contributed by atoms with E-state index in [9.17, 15) is 0 Å². The first-order valence-corrected chi connectivity index (χ1v) is 10.1. The van der Waals surface area contributed by atoms with Crippen molar-refractivity contribution in [2.24, 2.45) is 0 Å². The monoisotopic (exact) mass is 346 g/mol. The van der Waals surface area contributed by atoms with Crippen molar-refractivity contribution in [2.45, 2.75) is 78.6 Å². The lowest BCUT2D eigenvalue weighted by Crippen LogP contribution is -2.16. The molecule has 0 nitrogen and oxygen atoms in total. The topological polar surface area (TPSA) is 0 Å². The van der Waals surface area contributed by atoms with Crippen molar-refractivity contribution in [3.8, 4) is 11.1 Å². The van der Waals surface area contributed by atoms with Gasteiger partial charge in [-0.25, -0.2) is 0 Å². The number of allylic oxidation sites excluding steroid dienone is 1. The van der Waals surface area contributed by atoms with Crippen LogP contribution >= 0.6 is 0 Å². The van der Waals surface area contributed by atoms with E-state index in [1.54, 1.807) is 5.57 Å². The molecule has 26 heavy (non-hydrogen) atoms. The molecular formula is C26H34. The summed E-state index contributed by atoms with van der Waals surface area (Å²) in [5.74, 6) is 0. The van der Waals surface area contributed by atoms with Crippen molar-refractivity contribution in [1.29, 1.82) is 0 Å². The number of benzene rings is 2. The maximum Gasteiger partial charge on any atom is -0.00576 e. The van der Waals surface area contributed by atoms with E-state index in [1.807, 2.05) is 0 Å². The minimum Gasteiger partial charge on any atom is -0.0652 e. The van der Waals surface area contributed by atoms with Crippen molar-refractivity contribution in [1.82, 2.24) is 0 Å². The summed E-state index contributed by atoms with van der Waals surface area (Å²) in [6.07, 6.45) is 6.02. The van der Waals surface area contributed by atoms with Gasteiger partial charge in [0.05, 0.1) is 0 Å². The number of fused-ring (bicyclic) bond motifs is 1. The maximum absolute atomic E-state index is 2.45. The van der Waals surface area contributed by atoms with Gasteiger partial charge in [0.15, 0.2) is 0 Å². The predicted molar refractivity (Wildman–Crippen MR) is 116 cm³/mol. The quantitative estimate of drug-likeness (QED) is 0.534. The van der Waals surface area contributed by atoms with Crippen LogP contribution in [0, 0.1) is 0 Å². The molecule has 0 radical (unpaired) electrons. The molecule has 2 aromatic rings. The highest BCUT2D eigenvalue weighted by atomic mass is 14.3. The minimum atomic E-state index is 0.150. The van der Waals surface area contributed by atoms with Crippen LogP contribution in [0.2, 0.25) is 0 Å². The molecule has 0 aliphatic heterocycles. The molecule has 2 aromatic carbocycles. The van der Waals surface area contributed by atoms with Crippen LogP contribution < -0.4 is 0 Å². The first-order valence-electron chi connectivity index (χ1n) is 10.1. The van der Waals surface area contributed by atoms with E-state index in [-0.39, 0.29) is 10.8 Å². The third-order valence-corrected chi connectivity index (χ3v) is 5.51. The molecule has 0 spiro atoms. The third-order valence-electron chi connectivity index (χ3n) is 5.51. The Kier molecular flexibility index (Phi) is 4.90. The van der Waals surface area contributed by atoms with Crippen molar-refractivity contribution in [3.63, 3.8) is 0 Å². The van der Waals surface area contributed by atoms with Crippen molar-refractivity contribution in [3.05, 3.63) is 64.2 Å². The summed E-state index contributed by atoms with van der Waals surface area (Å²) < 4.78 is 0. The Balaban J connectivity index is 2.18. The average molecular weight is 347 g/mol. The van der Waals surface area contributed by atoms with E-state index in [0.29, 0.717) is 0 Å². The molecule has 0 atom stereocenters. The van der Waals surface area contributed by atoms with Crippen LogP contribution in [0.5, 0.6) is 0 Å². The van der Waals surface area contributed by atoms with E-state index < -0.39 is 0 Å². The normalized spacial score (nSPS) is 14.3. The van der Waals surface area contributed by atoms with Crippen LogP contribution in [0.15, 0.2) is 42.0 Å². The predicted octanol–water partition coefficient (Wildman–Crippen LogP) is 7.69. The van der Waals surface area contributed by atoms with Gasteiger partial charge in [-0.3, -0.25) is 0 Å². The first kappa shape index (κ1) is 19.0. The number of hydrogen-bond acceptors (Lipinski definition) is 0. The maximum atomic E-state index is 2.45. The van der Waals surface area contributed by atoms with Crippen LogP contribution in [0.1, 0.15) is 83.6 Å². The molecule has 3 rings (SSSR count). The molecule has 1 aliphatic carbocycles. The van der Waals surface area contributed by atoms with Gasteiger partial charge in [-0.15, -0.1) is 0 Å². The Morgan fingerprint density at radius 1 is 0.846 bits per heavy atom.